The molecule has 1 aliphatic carbocycles. The van der Waals surface area contributed by atoms with Gasteiger partial charge in [-0.3, -0.25) is 0 Å². The lowest BCUT2D eigenvalue weighted by Gasteiger charge is -2.13. The molecule has 2 nitrogen and oxygen atoms in total. The second kappa shape index (κ2) is 3.77. The summed E-state index contributed by atoms with van der Waals surface area (Å²) < 4.78 is 28.3. The van der Waals surface area contributed by atoms with Gasteiger partial charge in [-0.15, -0.1) is 0 Å². The van der Waals surface area contributed by atoms with E-state index in [0.717, 1.165) is 18.4 Å². The van der Waals surface area contributed by atoms with Crippen LogP contribution in [0.1, 0.15) is 18.4 Å². The summed E-state index contributed by atoms with van der Waals surface area (Å²) in [5.74, 6) is 0.155. The van der Waals surface area contributed by atoms with Crippen molar-refractivity contribution in [2.75, 3.05) is 6.61 Å². The molecule has 0 radical (unpaired) electrons. The lowest BCUT2D eigenvalue weighted by molar-refractivity contribution is -0.0499. The standard InChI is InChI=1S/C11H12F2O2/c12-10(13)15-9-3-1-2-8(6-9)11(7-14)4-5-11/h1-3,6,10,14H,4-5,7H2. The molecule has 1 fully saturated rings. The first-order chi connectivity index (χ1) is 7.16. The molecule has 2 rings (SSSR count). The Labute approximate surface area is 86.5 Å². The van der Waals surface area contributed by atoms with Gasteiger partial charge < -0.3 is 9.84 Å². The predicted molar refractivity (Wildman–Crippen MR) is 51.1 cm³/mol. The van der Waals surface area contributed by atoms with E-state index < -0.39 is 6.61 Å². The van der Waals surface area contributed by atoms with Gasteiger partial charge in [-0.2, -0.15) is 8.78 Å². The Morgan fingerprint density at radius 3 is 2.67 bits per heavy atom. The lowest BCUT2D eigenvalue weighted by Crippen LogP contribution is -2.12. The smallest absolute Gasteiger partial charge is 0.387 e. The molecule has 0 aliphatic heterocycles. The fraction of sp³-hybridized carbons (Fsp3) is 0.455. The van der Waals surface area contributed by atoms with Crippen LogP contribution in [0.4, 0.5) is 8.78 Å². The molecule has 1 N–H and O–H groups in total. The molecule has 4 heteroatoms. The fourth-order valence-corrected chi connectivity index (χ4v) is 1.69. The first kappa shape index (κ1) is 10.4. The van der Waals surface area contributed by atoms with E-state index in [1.807, 2.05) is 6.07 Å². The van der Waals surface area contributed by atoms with Gasteiger partial charge in [0.15, 0.2) is 0 Å². The van der Waals surface area contributed by atoms with Crippen LogP contribution in [0.5, 0.6) is 5.75 Å². The van der Waals surface area contributed by atoms with Gasteiger partial charge in [-0.25, -0.2) is 0 Å². The van der Waals surface area contributed by atoms with Crippen molar-refractivity contribution in [1.29, 1.82) is 0 Å². The zero-order valence-corrected chi connectivity index (χ0v) is 8.12. The predicted octanol–water partition coefficient (Wildman–Crippen LogP) is 2.31. The molecule has 1 aromatic rings. The summed E-state index contributed by atoms with van der Waals surface area (Å²) in [7, 11) is 0. The maximum atomic E-state index is 12.0. The maximum Gasteiger partial charge on any atom is 0.387 e. The molecule has 0 unspecified atom stereocenters. The number of halogens is 2. The van der Waals surface area contributed by atoms with Crippen molar-refractivity contribution in [1.82, 2.24) is 0 Å². The van der Waals surface area contributed by atoms with Crippen molar-refractivity contribution in [2.45, 2.75) is 24.9 Å². The molecule has 0 atom stereocenters. The number of ether oxygens (including phenoxy) is 1. The first-order valence-corrected chi connectivity index (χ1v) is 4.82. The van der Waals surface area contributed by atoms with Gasteiger partial charge in [-0.05, 0) is 30.5 Å². The highest BCUT2D eigenvalue weighted by atomic mass is 19.3. The van der Waals surface area contributed by atoms with Crippen LogP contribution in [0.25, 0.3) is 0 Å². The zero-order valence-electron chi connectivity index (χ0n) is 8.12. The molecular formula is C11H12F2O2. The Bertz CT molecular complexity index is 348. The molecule has 0 amide bonds. The van der Waals surface area contributed by atoms with Crippen molar-refractivity contribution < 1.29 is 18.6 Å². The number of rotatable bonds is 4. The number of alkyl halides is 2. The van der Waals surface area contributed by atoms with Crippen molar-refractivity contribution in [3.8, 4) is 5.75 Å². The minimum Gasteiger partial charge on any atom is -0.435 e. The molecule has 0 saturated heterocycles. The van der Waals surface area contributed by atoms with Crippen molar-refractivity contribution in [3.05, 3.63) is 29.8 Å². The summed E-state index contributed by atoms with van der Waals surface area (Å²) in [6.45, 7) is -2.74. The normalized spacial score (nSPS) is 17.9. The first-order valence-electron chi connectivity index (χ1n) is 4.82. The minimum atomic E-state index is -2.80. The molecular weight excluding hydrogens is 202 g/mol. The SMILES string of the molecule is OCC1(c2cccc(OC(F)F)c2)CC1. The van der Waals surface area contributed by atoms with Crippen LogP contribution in [0.3, 0.4) is 0 Å². The highest BCUT2D eigenvalue weighted by molar-refractivity contribution is 5.37. The number of benzene rings is 1. The molecule has 0 aromatic heterocycles. The fourth-order valence-electron chi connectivity index (χ4n) is 1.69. The Balaban J connectivity index is 2.19. The summed E-state index contributed by atoms with van der Waals surface area (Å²) in [6.07, 6.45) is 1.81. The zero-order chi connectivity index (χ0) is 10.9. The van der Waals surface area contributed by atoms with Crippen molar-refractivity contribution >= 4 is 0 Å². The largest absolute Gasteiger partial charge is 0.435 e. The minimum absolute atomic E-state index is 0.0606. The Hall–Kier alpha value is -1.16. The average Bonchev–Trinajstić information content (AvgIpc) is 2.97. The molecule has 1 saturated carbocycles. The van der Waals surface area contributed by atoms with E-state index in [9.17, 15) is 13.9 Å². The van der Waals surface area contributed by atoms with Crippen LogP contribution in [-0.4, -0.2) is 18.3 Å². The van der Waals surface area contributed by atoms with Gasteiger partial charge in [0.25, 0.3) is 0 Å². The third kappa shape index (κ3) is 2.09. The van der Waals surface area contributed by atoms with E-state index in [-0.39, 0.29) is 17.8 Å². The van der Waals surface area contributed by atoms with E-state index in [0.29, 0.717) is 0 Å². The van der Waals surface area contributed by atoms with Crippen LogP contribution in [0.15, 0.2) is 24.3 Å². The summed E-state index contributed by atoms with van der Waals surface area (Å²) in [5.41, 5.74) is 0.671. The quantitative estimate of drug-likeness (QED) is 0.833. The van der Waals surface area contributed by atoms with Gasteiger partial charge in [0.05, 0.1) is 6.61 Å². The van der Waals surface area contributed by atoms with E-state index >= 15 is 0 Å². The number of aliphatic hydroxyl groups is 1. The monoisotopic (exact) mass is 214 g/mol. The van der Waals surface area contributed by atoms with Crippen LogP contribution in [-0.2, 0) is 5.41 Å². The van der Waals surface area contributed by atoms with Crippen LogP contribution in [0, 0.1) is 0 Å². The topological polar surface area (TPSA) is 29.5 Å². The van der Waals surface area contributed by atoms with Crippen LogP contribution >= 0.6 is 0 Å². The molecule has 0 bridgehead atoms. The average molecular weight is 214 g/mol. The molecule has 0 spiro atoms. The number of hydrogen-bond donors (Lipinski definition) is 1. The van der Waals surface area contributed by atoms with Gasteiger partial charge >= 0.3 is 6.61 Å². The summed E-state index contributed by atoms with van der Waals surface area (Å²) in [4.78, 5) is 0. The molecule has 15 heavy (non-hydrogen) atoms. The van der Waals surface area contributed by atoms with Crippen molar-refractivity contribution in [3.63, 3.8) is 0 Å². The third-order valence-electron chi connectivity index (χ3n) is 2.83. The van der Waals surface area contributed by atoms with Crippen molar-refractivity contribution in [2.24, 2.45) is 0 Å². The number of aliphatic hydroxyl groups excluding tert-OH is 1. The van der Waals surface area contributed by atoms with Gasteiger partial charge in [0, 0.05) is 5.41 Å². The van der Waals surface area contributed by atoms with Gasteiger partial charge in [-0.1, -0.05) is 12.1 Å². The molecule has 82 valence electrons. The summed E-state index contributed by atoms with van der Waals surface area (Å²) in [6, 6.07) is 6.57. The summed E-state index contributed by atoms with van der Waals surface area (Å²) in [5, 5.41) is 9.19. The second-order valence-electron chi connectivity index (χ2n) is 3.84. The molecule has 0 heterocycles. The number of hydrogen-bond acceptors (Lipinski definition) is 2. The van der Waals surface area contributed by atoms with E-state index in [1.54, 1.807) is 12.1 Å². The maximum absolute atomic E-state index is 12.0. The Kier molecular flexibility index (Phi) is 2.61. The molecule has 1 aliphatic rings. The van der Waals surface area contributed by atoms with E-state index in [4.69, 9.17) is 0 Å². The highest BCUT2D eigenvalue weighted by Gasteiger charge is 2.43. The van der Waals surface area contributed by atoms with E-state index in [1.165, 1.54) is 6.07 Å². The third-order valence-corrected chi connectivity index (χ3v) is 2.83. The van der Waals surface area contributed by atoms with Gasteiger partial charge in [0.1, 0.15) is 5.75 Å². The van der Waals surface area contributed by atoms with Crippen LogP contribution in [0.2, 0.25) is 0 Å². The lowest BCUT2D eigenvalue weighted by atomic mass is 9.97. The van der Waals surface area contributed by atoms with Crippen LogP contribution < -0.4 is 4.74 Å². The Morgan fingerprint density at radius 1 is 1.40 bits per heavy atom. The van der Waals surface area contributed by atoms with E-state index in [2.05, 4.69) is 4.74 Å². The highest BCUT2D eigenvalue weighted by Crippen LogP contribution is 2.48. The molecule has 1 aromatic carbocycles. The van der Waals surface area contributed by atoms with Gasteiger partial charge in [0.2, 0.25) is 0 Å². The second-order valence-corrected chi connectivity index (χ2v) is 3.84. The summed E-state index contributed by atoms with van der Waals surface area (Å²) >= 11 is 0. The Morgan fingerprint density at radius 2 is 2.13 bits per heavy atom.